The minimum absolute atomic E-state index is 0.0111. The zero-order valence-electron chi connectivity index (χ0n) is 37.6. The highest BCUT2D eigenvalue weighted by atomic mass is 16.5. The molecule has 2 atom stereocenters. The normalized spacial score (nSPS) is 12.7. The van der Waals surface area contributed by atoms with E-state index in [0.717, 1.165) is 57.8 Å². The number of hydrogen-bond donors (Lipinski definition) is 3. The lowest BCUT2D eigenvalue weighted by Crippen LogP contribution is -2.45. The van der Waals surface area contributed by atoms with Gasteiger partial charge in [0.25, 0.3) is 0 Å². The zero-order valence-corrected chi connectivity index (χ0v) is 37.6. The maximum atomic E-state index is 12.4. The van der Waals surface area contributed by atoms with Crippen molar-refractivity contribution in [1.29, 1.82) is 0 Å². The van der Waals surface area contributed by atoms with E-state index in [1.165, 1.54) is 186 Å². The van der Waals surface area contributed by atoms with Crippen molar-refractivity contribution in [1.82, 2.24) is 5.32 Å². The van der Waals surface area contributed by atoms with Crippen LogP contribution in [0.5, 0.6) is 0 Å². The van der Waals surface area contributed by atoms with Crippen molar-refractivity contribution in [3.63, 3.8) is 0 Å². The monoisotopic (exact) mass is 792 g/mol. The third-order valence-corrected chi connectivity index (χ3v) is 11.6. The van der Waals surface area contributed by atoms with Gasteiger partial charge in [-0.25, -0.2) is 0 Å². The van der Waals surface area contributed by atoms with E-state index in [-0.39, 0.29) is 18.5 Å². The molecular weight excluding hydrogens is 695 g/mol. The number of esters is 1. The number of unbranched alkanes of at least 4 members (excludes halogenated alkanes) is 35. The summed E-state index contributed by atoms with van der Waals surface area (Å²) in [6, 6.07) is -0.637. The number of carbonyl (C=O) groups is 2. The summed E-state index contributed by atoms with van der Waals surface area (Å²) in [6.45, 7) is 4.87. The van der Waals surface area contributed by atoms with Crippen molar-refractivity contribution >= 4 is 11.9 Å². The number of aliphatic hydroxyl groups excluding tert-OH is 2. The topological polar surface area (TPSA) is 95.9 Å². The van der Waals surface area contributed by atoms with Crippen LogP contribution in [-0.2, 0) is 14.3 Å². The highest BCUT2D eigenvalue weighted by Gasteiger charge is 2.18. The molecule has 0 aromatic carbocycles. The molecule has 2 unspecified atom stereocenters. The van der Waals surface area contributed by atoms with Gasteiger partial charge in [0.15, 0.2) is 0 Å². The van der Waals surface area contributed by atoms with Gasteiger partial charge in [0.05, 0.1) is 25.4 Å². The smallest absolute Gasteiger partial charge is 0.305 e. The van der Waals surface area contributed by atoms with E-state index in [0.29, 0.717) is 19.4 Å². The average molecular weight is 792 g/mol. The maximum Gasteiger partial charge on any atom is 0.305 e. The molecule has 3 N–H and O–H groups in total. The molecule has 6 heteroatoms. The van der Waals surface area contributed by atoms with E-state index in [9.17, 15) is 19.8 Å². The predicted octanol–water partition coefficient (Wildman–Crippen LogP) is 14.6. The Labute approximate surface area is 349 Å². The highest BCUT2D eigenvalue weighted by Crippen LogP contribution is 2.16. The third-order valence-electron chi connectivity index (χ3n) is 11.6. The van der Waals surface area contributed by atoms with Crippen LogP contribution in [0.3, 0.4) is 0 Å². The van der Waals surface area contributed by atoms with Crippen molar-refractivity contribution in [2.24, 2.45) is 0 Å². The molecule has 0 aliphatic carbocycles. The average Bonchev–Trinajstić information content (AvgIpc) is 3.20. The summed E-state index contributed by atoms with van der Waals surface area (Å²) in [7, 11) is 0. The molecule has 1 amide bonds. The first-order chi connectivity index (χ1) is 27.5. The van der Waals surface area contributed by atoms with E-state index in [2.05, 4.69) is 19.2 Å². The summed E-state index contributed by atoms with van der Waals surface area (Å²) >= 11 is 0. The lowest BCUT2D eigenvalue weighted by Gasteiger charge is -2.20. The summed E-state index contributed by atoms with van der Waals surface area (Å²) in [6.07, 6.45) is 52.0. The Bertz CT molecular complexity index is 832. The van der Waals surface area contributed by atoms with E-state index >= 15 is 0 Å². The van der Waals surface area contributed by atoms with Crippen LogP contribution in [0, 0.1) is 0 Å². The lowest BCUT2D eigenvalue weighted by molar-refractivity contribution is -0.143. The molecule has 0 rings (SSSR count). The van der Waals surface area contributed by atoms with Gasteiger partial charge in [-0.1, -0.05) is 238 Å². The Kier molecular flexibility index (Phi) is 45.1. The Hall–Kier alpha value is -1.40. The zero-order chi connectivity index (χ0) is 40.8. The SMILES string of the molecule is CCCCCCCCCCCCCCCC/C=C/C(O)C(CO)NC(=O)CCCCCCCCCCCCCCOC(=O)CCCCCCCCCCCCC. The van der Waals surface area contributed by atoms with Crippen LogP contribution in [0.4, 0.5) is 0 Å². The Morgan fingerprint density at radius 2 is 0.821 bits per heavy atom. The van der Waals surface area contributed by atoms with Crippen LogP contribution in [0.2, 0.25) is 0 Å². The van der Waals surface area contributed by atoms with Gasteiger partial charge in [-0.2, -0.15) is 0 Å². The van der Waals surface area contributed by atoms with Crippen LogP contribution >= 0.6 is 0 Å². The molecule has 0 bridgehead atoms. The van der Waals surface area contributed by atoms with Crippen LogP contribution < -0.4 is 5.32 Å². The van der Waals surface area contributed by atoms with E-state index in [1.54, 1.807) is 6.08 Å². The van der Waals surface area contributed by atoms with Crippen LogP contribution in [-0.4, -0.2) is 47.4 Å². The first-order valence-corrected chi connectivity index (χ1v) is 25.0. The van der Waals surface area contributed by atoms with Crippen LogP contribution in [0.1, 0.15) is 271 Å². The molecule has 6 nitrogen and oxygen atoms in total. The van der Waals surface area contributed by atoms with E-state index < -0.39 is 12.1 Å². The lowest BCUT2D eigenvalue weighted by atomic mass is 10.0. The van der Waals surface area contributed by atoms with Gasteiger partial charge in [-0.05, 0) is 32.1 Å². The second-order valence-electron chi connectivity index (χ2n) is 17.2. The third kappa shape index (κ3) is 42.2. The molecule has 0 radical (unpaired) electrons. The molecule has 0 aliphatic rings. The predicted molar refractivity (Wildman–Crippen MR) is 241 cm³/mol. The molecule has 332 valence electrons. The van der Waals surface area contributed by atoms with Crippen molar-refractivity contribution in [3.8, 4) is 0 Å². The summed E-state index contributed by atoms with van der Waals surface area (Å²) in [5, 5.41) is 23.0. The quantitative estimate of drug-likeness (QED) is 0.0324. The number of aliphatic hydroxyl groups is 2. The molecular formula is C50H97NO5. The number of carbonyl (C=O) groups excluding carboxylic acids is 2. The largest absolute Gasteiger partial charge is 0.466 e. The van der Waals surface area contributed by atoms with Gasteiger partial charge in [0.2, 0.25) is 5.91 Å². The Balaban J connectivity index is 3.51. The van der Waals surface area contributed by atoms with Crippen molar-refractivity contribution in [2.45, 2.75) is 283 Å². The van der Waals surface area contributed by atoms with Crippen molar-refractivity contribution in [2.75, 3.05) is 13.2 Å². The van der Waals surface area contributed by atoms with Gasteiger partial charge in [0, 0.05) is 12.8 Å². The molecule has 0 saturated heterocycles. The molecule has 0 fully saturated rings. The van der Waals surface area contributed by atoms with Gasteiger partial charge in [-0.3, -0.25) is 9.59 Å². The molecule has 0 saturated carbocycles. The van der Waals surface area contributed by atoms with Crippen LogP contribution in [0.25, 0.3) is 0 Å². The van der Waals surface area contributed by atoms with Gasteiger partial charge < -0.3 is 20.3 Å². The highest BCUT2D eigenvalue weighted by molar-refractivity contribution is 5.76. The van der Waals surface area contributed by atoms with Crippen LogP contribution in [0.15, 0.2) is 12.2 Å². The standard InChI is InChI=1S/C50H97NO5/c1-3-5-7-9-11-13-15-16-17-18-19-23-26-30-34-38-42-48(53)47(46-52)51-49(54)43-39-35-31-27-24-20-21-25-29-33-37-41-45-56-50(55)44-40-36-32-28-22-14-12-10-8-6-4-2/h38,42,47-48,52-53H,3-37,39-41,43-46H2,1-2H3,(H,51,54)/b42-38+. The molecule has 0 aliphatic heterocycles. The second-order valence-corrected chi connectivity index (χ2v) is 17.2. The number of hydrogen-bond acceptors (Lipinski definition) is 5. The Morgan fingerprint density at radius 3 is 1.21 bits per heavy atom. The van der Waals surface area contributed by atoms with E-state index in [4.69, 9.17) is 4.74 Å². The number of nitrogens with one attached hydrogen (secondary N) is 1. The van der Waals surface area contributed by atoms with Gasteiger partial charge in [-0.15, -0.1) is 0 Å². The number of rotatable bonds is 46. The fourth-order valence-electron chi connectivity index (χ4n) is 7.69. The summed E-state index contributed by atoms with van der Waals surface area (Å²) < 4.78 is 5.44. The molecule has 0 heterocycles. The minimum Gasteiger partial charge on any atom is -0.466 e. The summed E-state index contributed by atoms with van der Waals surface area (Å²) in [5.41, 5.74) is 0. The number of allylic oxidation sites excluding steroid dienone is 1. The molecule has 0 aromatic heterocycles. The van der Waals surface area contributed by atoms with Gasteiger partial charge in [0.1, 0.15) is 0 Å². The van der Waals surface area contributed by atoms with E-state index in [1.807, 2.05) is 6.08 Å². The number of amides is 1. The first kappa shape index (κ1) is 54.6. The fraction of sp³-hybridized carbons (Fsp3) is 0.920. The maximum absolute atomic E-state index is 12.4. The first-order valence-electron chi connectivity index (χ1n) is 25.0. The van der Waals surface area contributed by atoms with Crippen molar-refractivity contribution < 1.29 is 24.5 Å². The Morgan fingerprint density at radius 1 is 0.482 bits per heavy atom. The molecule has 0 aromatic rings. The molecule has 56 heavy (non-hydrogen) atoms. The molecule has 0 spiro atoms. The fourth-order valence-corrected chi connectivity index (χ4v) is 7.69. The summed E-state index contributed by atoms with van der Waals surface area (Å²) in [4.78, 5) is 24.4. The van der Waals surface area contributed by atoms with Gasteiger partial charge >= 0.3 is 5.97 Å². The minimum atomic E-state index is -0.853. The summed E-state index contributed by atoms with van der Waals surface area (Å²) in [5.74, 6) is -0.0933. The second kappa shape index (κ2) is 46.3. The number of ether oxygens (including phenoxy) is 1. The van der Waals surface area contributed by atoms with Crippen molar-refractivity contribution in [3.05, 3.63) is 12.2 Å².